The van der Waals surface area contributed by atoms with Gasteiger partial charge in [-0.15, -0.1) is 0 Å². The molecule has 41 heavy (non-hydrogen) atoms. The van der Waals surface area contributed by atoms with Crippen LogP contribution in [-0.4, -0.2) is 52.3 Å². The Bertz CT molecular complexity index is 1420. The first-order valence-corrected chi connectivity index (χ1v) is 12.8. The number of aryl methyl sites for hydroxylation is 2. The zero-order valence-corrected chi connectivity index (χ0v) is 22.3. The molecule has 3 aromatic rings. The highest BCUT2D eigenvalue weighted by Crippen LogP contribution is 2.37. The van der Waals surface area contributed by atoms with Gasteiger partial charge in [0, 0.05) is 43.7 Å². The Labute approximate surface area is 233 Å². The van der Waals surface area contributed by atoms with Gasteiger partial charge in [0.15, 0.2) is 0 Å². The first-order chi connectivity index (χ1) is 19.2. The number of pyridine rings is 1. The summed E-state index contributed by atoms with van der Waals surface area (Å²) in [6.45, 7) is 3.86. The minimum Gasteiger partial charge on any atom is -0.335 e. The van der Waals surface area contributed by atoms with E-state index in [0.29, 0.717) is 17.7 Å². The average molecular weight is 576 g/mol. The quantitative estimate of drug-likeness (QED) is 0.264. The molecule has 11 heteroatoms. The predicted octanol–water partition coefficient (Wildman–Crippen LogP) is 6.35. The molecule has 0 radical (unpaired) electrons. The lowest BCUT2D eigenvalue weighted by atomic mass is 9.97. The monoisotopic (exact) mass is 575 g/mol. The van der Waals surface area contributed by atoms with Crippen molar-refractivity contribution >= 4 is 17.9 Å². The number of hydrogen-bond acceptors (Lipinski definition) is 3. The van der Waals surface area contributed by atoms with E-state index in [0.717, 1.165) is 16.7 Å². The molecule has 0 bridgehead atoms. The third-order valence-electron chi connectivity index (χ3n) is 7.04. The standard InChI is InChI=1S/C30H27F6N3O2/c1-19-5-6-22(12-20(19)2)13-26-18-38(27(40)8-7-21-4-3-9-37-17-21)10-11-39(26)28(41)23-14-24(29(31,32)33)16-25(15-23)30(34,35)36/h3-9,12,14-17,26H,10-11,13,18H2,1-2H3/b8-7+/t26-/m0/s1. The second-order valence-corrected chi connectivity index (χ2v) is 9.97. The molecule has 0 spiro atoms. The van der Waals surface area contributed by atoms with Crippen LogP contribution in [0.3, 0.4) is 0 Å². The summed E-state index contributed by atoms with van der Waals surface area (Å²) in [5, 5.41) is 0. The van der Waals surface area contributed by atoms with Crippen LogP contribution >= 0.6 is 0 Å². The van der Waals surface area contributed by atoms with Crippen molar-refractivity contribution < 1.29 is 35.9 Å². The van der Waals surface area contributed by atoms with Crippen molar-refractivity contribution in [1.82, 2.24) is 14.8 Å². The number of carbonyl (C=O) groups excluding carboxylic acids is 2. The van der Waals surface area contributed by atoms with Gasteiger partial charge >= 0.3 is 12.4 Å². The summed E-state index contributed by atoms with van der Waals surface area (Å²) >= 11 is 0. The maximum Gasteiger partial charge on any atom is 0.416 e. The molecule has 0 aliphatic carbocycles. The lowest BCUT2D eigenvalue weighted by molar-refractivity contribution is -0.143. The number of amides is 2. The molecule has 0 unspecified atom stereocenters. The fourth-order valence-corrected chi connectivity index (χ4v) is 4.69. The van der Waals surface area contributed by atoms with Crippen molar-refractivity contribution in [3.05, 3.63) is 106 Å². The van der Waals surface area contributed by atoms with Crippen LogP contribution in [0.15, 0.2) is 67.0 Å². The number of nitrogens with zero attached hydrogens (tertiary/aromatic N) is 3. The fourth-order valence-electron chi connectivity index (χ4n) is 4.69. The van der Waals surface area contributed by atoms with Gasteiger partial charge < -0.3 is 9.80 Å². The van der Waals surface area contributed by atoms with E-state index in [9.17, 15) is 35.9 Å². The van der Waals surface area contributed by atoms with Crippen LogP contribution in [0.5, 0.6) is 0 Å². The minimum absolute atomic E-state index is 0.00542. The summed E-state index contributed by atoms with van der Waals surface area (Å²) in [7, 11) is 0. The lowest BCUT2D eigenvalue weighted by Gasteiger charge is -2.41. The Morgan fingerprint density at radius 2 is 1.61 bits per heavy atom. The summed E-state index contributed by atoms with van der Waals surface area (Å²) in [6.07, 6.45) is -3.80. The van der Waals surface area contributed by atoms with Crippen LogP contribution in [0.2, 0.25) is 0 Å². The fraction of sp³-hybridized carbons (Fsp3) is 0.300. The summed E-state index contributed by atoms with van der Waals surface area (Å²) < 4.78 is 80.8. The Hall–Kier alpha value is -4.15. The van der Waals surface area contributed by atoms with Crippen LogP contribution in [0.4, 0.5) is 26.3 Å². The second kappa shape index (κ2) is 11.8. The van der Waals surface area contributed by atoms with E-state index in [1.165, 1.54) is 15.9 Å². The zero-order chi connectivity index (χ0) is 29.9. The van der Waals surface area contributed by atoms with E-state index in [4.69, 9.17) is 0 Å². The van der Waals surface area contributed by atoms with Crippen molar-refractivity contribution in [1.29, 1.82) is 0 Å². The van der Waals surface area contributed by atoms with E-state index in [1.54, 1.807) is 30.6 Å². The first-order valence-electron chi connectivity index (χ1n) is 12.8. The SMILES string of the molecule is Cc1ccc(C[C@H]2CN(C(=O)/C=C/c3cccnc3)CCN2C(=O)c2cc(C(F)(F)F)cc(C(F)(F)F)c2)cc1C. The Morgan fingerprint density at radius 1 is 0.927 bits per heavy atom. The van der Waals surface area contributed by atoms with Crippen molar-refractivity contribution in [3.8, 4) is 0 Å². The molecule has 4 rings (SSSR count). The van der Waals surface area contributed by atoms with Crippen molar-refractivity contribution in [2.75, 3.05) is 19.6 Å². The third kappa shape index (κ3) is 7.33. The summed E-state index contributed by atoms with van der Waals surface area (Å²) in [5.74, 6) is -1.31. The Balaban J connectivity index is 1.66. The molecule has 1 fully saturated rings. The van der Waals surface area contributed by atoms with E-state index in [-0.39, 0.29) is 38.0 Å². The van der Waals surface area contributed by atoms with Gasteiger partial charge in [-0.3, -0.25) is 14.6 Å². The van der Waals surface area contributed by atoms with Crippen molar-refractivity contribution in [3.63, 3.8) is 0 Å². The summed E-state index contributed by atoms with van der Waals surface area (Å²) in [5.41, 5.74) is -0.301. The highest BCUT2D eigenvalue weighted by molar-refractivity contribution is 5.96. The molecule has 1 atom stereocenters. The first kappa shape index (κ1) is 29.8. The number of hydrogen-bond donors (Lipinski definition) is 0. The van der Waals surface area contributed by atoms with Crippen molar-refractivity contribution in [2.45, 2.75) is 38.7 Å². The van der Waals surface area contributed by atoms with Gasteiger partial charge in [-0.25, -0.2) is 0 Å². The number of halogens is 6. The number of rotatable bonds is 5. The molecule has 0 N–H and O–H groups in total. The van der Waals surface area contributed by atoms with Gasteiger partial charge in [-0.1, -0.05) is 24.3 Å². The second-order valence-electron chi connectivity index (χ2n) is 9.97. The van der Waals surface area contributed by atoms with Crippen molar-refractivity contribution in [2.24, 2.45) is 0 Å². The summed E-state index contributed by atoms with van der Waals surface area (Å²) in [4.78, 5) is 33.3. The molecule has 2 aromatic carbocycles. The number of benzene rings is 2. The van der Waals surface area contributed by atoms with Gasteiger partial charge in [-0.05, 0) is 72.9 Å². The third-order valence-corrected chi connectivity index (χ3v) is 7.04. The van der Waals surface area contributed by atoms with Gasteiger partial charge in [0.05, 0.1) is 17.2 Å². The summed E-state index contributed by atoms with van der Waals surface area (Å²) in [6, 6.07) is 9.31. The van der Waals surface area contributed by atoms with E-state index < -0.39 is 41.0 Å². The number of alkyl halides is 6. The molecular formula is C30H27F6N3O2. The van der Waals surface area contributed by atoms with Gasteiger partial charge in [0.2, 0.25) is 5.91 Å². The zero-order valence-electron chi connectivity index (χ0n) is 22.3. The molecule has 0 saturated carbocycles. The molecule has 1 aliphatic rings. The van der Waals surface area contributed by atoms with E-state index in [1.807, 2.05) is 32.0 Å². The largest absolute Gasteiger partial charge is 0.416 e. The normalized spacial score (nSPS) is 16.3. The molecule has 1 aliphatic heterocycles. The average Bonchev–Trinajstić information content (AvgIpc) is 2.92. The van der Waals surface area contributed by atoms with Gasteiger partial charge in [0.1, 0.15) is 0 Å². The molecular weight excluding hydrogens is 548 g/mol. The van der Waals surface area contributed by atoms with E-state index >= 15 is 0 Å². The van der Waals surface area contributed by atoms with Crippen LogP contribution in [0.25, 0.3) is 6.08 Å². The number of aromatic nitrogens is 1. The highest BCUT2D eigenvalue weighted by atomic mass is 19.4. The topological polar surface area (TPSA) is 53.5 Å². The number of carbonyl (C=O) groups is 2. The van der Waals surface area contributed by atoms with Crippen LogP contribution in [0.1, 0.15) is 43.7 Å². The number of piperazine rings is 1. The molecule has 1 saturated heterocycles. The van der Waals surface area contributed by atoms with E-state index in [2.05, 4.69) is 4.98 Å². The Kier molecular flexibility index (Phi) is 8.55. The molecule has 2 amide bonds. The molecule has 2 heterocycles. The molecule has 5 nitrogen and oxygen atoms in total. The highest BCUT2D eigenvalue weighted by Gasteiger charge is 2.39. The predicted molar refractivity (Wildman–Crippen MR) is 141 cm³/mol. The maximum absolute atomic E-state index is 13.5. The van der Waals surface area contributed by atoms with Crippen LogP contribution < -0.4 is 0 Å². The molecule has 216 valence electrons. The lowest BCUT2D eigenvalue weighted by Crippen LogP contribution is -2.57. The Morgan fingerprint density at radius 3 is 2.20 bits per heavy atom. The van der Waals surface area contributed by atoms with Crippen LogP contribution in [-0.2, 0) is 23.6 Å². The van der Waals surface area contributed by atoms with Crippen LogP contribution in [0, 0.1) is 13.8 Å². The smallest absolute Gasteiger partial charge is 0.335 e. The van der Waals surface area contributed by atoms with Gasteiger partial charge in [-0.2, -0.15) is 26.3 Å². The maximum atomic E-state index is 13.5. The molecule has 1 aromatic heterocycles. The minimum atomic E-state index is -5.08. The van der Waals surface area contributed by atoms with Gasteiger partial charge in [0.25, 0.3) is 5.91 Å².